The van der Waals surface area contributed by atoms with Crippen molar-refractivity contribution in [1.29, 1.82) is 0 Å². The summed E-state index contributed by atoms with van der Waals surface area (Å²) in [5.41, 5.74) is 0. The molecule has 0 aromatic heterocycles. The molecule has 1 radical (unpaired) electrons. The van der Waals surface area contributed by atoms with Crippen LogP contribution in [-0.4, -0.2) is 40.4 Å². The van der Waals surface area contributed by atoms with E-state index in [1.54, 1.807) is 0 Å². The Labute approximate surface area is 104 Å². The summed E-state index contributed by atoms with van der Waals surface area (Å²) in [6.07, 6.45) is 0. The topological polar surface area (TPSA) is 0 Å². The molecule has 0 unspecified atom stereocenters. The van der Waals surface area contributed by atoms with Gasteiger partial charge in [-0.2, -0.15) is 0 Å². The molecule has 0 fully saturated rings. The molecule has 0 aliphatic carbocycles. The van der Waals surface area contributed by atoms with Gasteiger partial charge in [-0.05, 0) is 0 Å². The standard InChI is InChI=1S/Ag.Al.Li.Mg.Zn.6H/q;;+1;+2;;;;;3*-1. The van der Waals surface area contributed by atoms with E-state index in [0.717, 1.165) is 0 Å². The molecule has 0 saturated carbocycles. The Morgan fingerprint density at radius 2 is 1.20 bits per heavy atom. The van der Waals surface area contributed by atoms with Crippen LogP contribution in [0.3, 0.4) is 0 Å². The summed E-state index contributed by atoms with van der Waals surface area (Å²) < 4.78 is 0. The molecule has 5 heteroatoms. The van der Waals surface area contributed by atoms with E-state index in [1.165, 1.54) is 0 Å². The Bertz CT molecular complexity index is 19.2. The van der Waals surface area contributed by atoms with Gasteiger partial charge < -0.3 is 4.28 Å². The first-order valence-electron chi connectivity index (χ1n) is 0. The van der Waals surface area contributed by atoms with Gasteiger partial charge in [0.05, 0.1) is 0 Å². The Balaban J connectivity index is 0. The normalized spacial score (nSPS) is 0. The first-order valence-corrected chi connectivity index (χ1v) is 0. The van der Waals surface area contributed by atoms with Gasteiger partial charge in [0.25, 0.3) is 0 Å². The van der Waals surface area contributed by atoms with E-state index in [4.69, 9.17) is 0 Å². The third-order valence-corrected chi connectivity index (χ3v) is 0. The zero-order valence-corrected chi connectivity index (χ0v) is 8.58. The molecule has 0 atom stereocenters. The van der Waals surface area contributed by atoms with Crippen molar-refractivity contribution in [3.05, 3.63) is 0 Å². The second kappa shape index (κ2) is 26.8. The van der Waals surface area contributed by atoms with Crippen molar-refractivity contribution >= 4 is 40.4 Å². The molecular weight excluding hydrogens is 231 g/mol. The molecule has 0 aliphatic heterocycles. The van der Waals surface area contributed by atoms with Gasteiger partial charge in [0.15, 0.2) is 17.4 Å². The molecule has 0 amide bonds. The van der Waals surface area contributed by atoms with Crippen LogP contribution >= 0.6 is 0 Å². The number of hydrogen-bond acceptors (Lipinski definition) is 0. The molecule has 0 rings (SSSR count). The largest absolute Gasteiger partial charge is 2.00 e. The smallest absolute Gasteiger partial charge is 1.00 e. The van der Waals surface area contributed by atoms with Crippen LogP contribution in [0.4, 0.5) is 0 Å². The fourth-order valence-corrected chi connectivity index (χ4v) is 0. The van der Waals surface area contributed by atoms with E-state index in [0.29, 0.717) is 0 Å². The maximum absolute atomic E-state index is 0. The Hall–Kier alpha value is 3.26. The van der Waals surface area contributed by atoms with Crippen LogP contribution < -0.4 is 18.9 Å². The fraction of sp³-hybridized carbons (Fsp3) is 0. The zero-order valence-electron chi connectivity index (χ0n) is 5.72. The van der Waals surface area contributed by atoms with Gasteiger partial charge in [-0.25, -0.2) is 0 Å². The van der Waals surface area contributed by atoms with Crippen LogP contribution in [0.1, 0.15) is 4.28 Å². The van der Waals surface area contributed by atoms with Crippen molar-refractivity contribution in [1.82, 2.24) is 0 Å². The van der Waals surface area contributed by atoms with E-state index < -0.39 is 0 Å². The average molecular weight is 238 g/mol. The molecule has 5 heavy (non-hydrogen) atoms. The maximum atomic E-state index is 0. The summed E-state index contributed by atoms with van der Waals surface area (Å²) in [5, 5.41) is 0. The predicted octanol–water partition coefficient (Wildman–Crippen LogP) is -4.23. The third kappa shape index (κ3) is 18.9. The summed E-state index contributed by atoms with van der Waals surface area (Å²) in [5.74, 6) is 0. The number of rotatable bonds is 0. The predicted molar refractivity (Wildman–Crippen MR) is 19.0 cm³/mol. The van der Waals surface area contributed by atoms with Crippen molar-refractivity contribution in [2.75, 3.05) is 0 Å². The molecule has 0 N–H and O–H groups in total. The van der Waals surface area contributed by atoms with E-state index >= 15 is 0 Å². The van der Waals surface area contributed by atoms with Gasteiger partial charge in [-0.15, -0.1) is 0 Å². The van der Waals surface area contributed by atoms with Crippen molar-refractivity contribution in [3.8, 4) is 0 Å². The molecule has 0 saturated heterocycles. The second-order valence-corrected chi connectivity index (χ2v) is 0. The van der Waals surface area contributed by atoms with Gasteiger partial charge in [0, 0.05) is 41.9 Å². The van der Waals surface area contributed by atoms with E-state index in [1.807, 2.05) is 0 Å². The van der Waals surface area contributed by atoms with Crippen LogP contribution in [0.2, 0.25) is 0 Å². The van der Waals surface area contributed by atoms with Crippen molar-refractivity contribution < 1.29 is 65.0 Å². The Morgan fingerprint density at radius 3 is 1.20 bits per heavy atom. The van der Waals surface area contributed by atoms with Gasteiger partial charge in [-0.1, -0.05) is 0 Å². The van der Waals surface area contributed by atoms with Gasteiger partial charge in [0.2, 0.25) is 0 Å². The van der Waals surface area contributed by atoms with E-state index in [9.17, 15) is 0 Å². The van der Waals surface area contributed by atoms with Crippen LogP contribution in [0.5, 0.6) is 0 Å². The molecule has 0 aromatic rings. The molecule has 0 heterocycles. The maximum Gasteiger partial charge on any atom is 2.00 e. The summed E-state index contributed by atoms with van der Waals surface area (Å²) in [6, 6.07) is 0. The minimum Gasteiger partial charge on any atom is -1.00 e. The molecular formula is H6AgAlLiMgZn. The molecule has 0 spiro atoms. The third-order valence-electron chi connectivity index (χ3n) is 0. The van der Waals surface area contributed by atoms with Crippen molar-refractivity contribution in [3.63, 3.8) is 0 Å². The molecule has 0 aromatic carbocycles. The van der Waals surface area contributed by atoms with Gasteiger partial charge >= 0.3 is 41.9 Å². The van der Waals surface area contributed by atoms with Crippen LogP contribution in [0.15, 0.2) is 0 Å². The van der Waals surface area contributed by atoms with Crippen LogP contribution in [0, 0.1) is 0 Å². The summed E-state index contributed by atoms with van der Waals surface area (Å²) in [6.45, 7) is 0. The minimum absolute atomic E-state index is 0. The quantitative estimate of drug-likeness (QED) is 0.375. The Kier molecular flexibility index (Phi) is 219. The first-order chi connectivity index (χ1) is 0. The van der Waals surface area contributed by atoms with Crippen molar-refractivity contribution in [2.24, 2.45) is 0 Å². The summed E-state index contributed by atoms with van der Waals surface area (Å²) in [4.78, 5) is 0. The fourth-order valence-electron chi connectivity index (χ4n) is 0. The minimum atomic E-state index is 0. The summed E-state index contributed by atoms with van der Waals surface area (Å²) in [7, 11) is 0. The van der Waals surface area contributed by atoms with E-state index in [2.05, 4.69) is 0 Å². The molecule has 0 aliphatic rings. The monoisotopic (exact) mass is 235 g/mol. The zero-order chi connectivity index (χ0) is 0. The number of hydrogen-bond donors (Lipinski definition) is 0. The Morgan fingerprint density at radius 1 is 1.20 bits per heavy atom. The SMILES string of the molecule is [Ag].[AlH3].[H-].[H-].[H-].[Li+].[Mg+2].[Zn]. The first kappa shape index (κ1) is 41.0. The molecule has 0 nitrogen and oxygen atoms in total. The average Bonchev–Trinajstić information content (AvgIpc) is 0. The molecule has 0 bridgehead atoms. The van der Waals surface area contributed by atoms with Crippen LogP contribution in [0.25, 0.3) is 0 Å². The van der Waals surface area contributed by atoms with Gasteiger partial charge in [0.1, 0.15) is 0 Å². The van der Waals surface area contributed by atoms with Crippen LogP contribution in [-0.2, 0) is 41.9 Å². The van der Waals surface area contributed by atoms with Crippen molar-refractivity contribution in [2.45, 2.75) is 0 Å². The second-order valence-electron chi connectivity index (χ2n) is 0. The summed E-state index contributed by atoms with van der Waals surface area (Å²) >= 11 is 0. The molecule has 25 valence electrons. The van der Waals surface area contributed by atoms with Gasteiger partial charge in [-0.3, -0.25) is 0 Å². The van der Waals surface area contributed by atoms with E-state index in [-0.39, 0.29) is 105 Å².